The van der Waals surface area contributed by atoms with Gasteiger partial charge in [0.2, 0.25) is 0 Å². The first-order valence-corrected chi connectivity index (χ1v) is 15.6. The lowest BCUT2D eigenvalue weighted by molar-refractivity contribution is 0.589. The van der Waals surface area contributed by atoms with Gasteiger partial charge in [0, 0.05) is 28.9 Å². The standard InChI is InChI=1S/C43H36N2/c1-29-15-17-31(18-16-29)35-25-34(30-10-6-5-7-11-30)26-36(27-35)38-19-20-39(42-40(38)14-9-22-45-42)32-12-8-13-33(24-32)41-28-37(21-23-44-41)43(2,3)4/h5-28H,1-4H3. The first-order chi connectivity index (χ1) is 21.8. The number of aryl methyl sites for hydroxylation is 1. The summed E-state index contributed by atoms with van der Waals surface area (Å²) in [6, 6.07) is 48.1. The molecular formula is C43H36N2. The summed E-state index contributed by atoms with van der Waals surface area (Å²) in [7, 11) is 0. The van der Waals surface area contributed by atoms with Crippen LogP contribution < -0.4 is 0 Å². The van der Waals surface area contributed by atoms with Gasteiger partial charge in [-0.3, -0.25) is 9.97 Å². The first-order valence-electron chi connectivity index (χ1n) is 15.6. The van der Waals surface area contributed by atoms with E-state index in [1.165, 1.54) is 44.5 Å². The lowest BCUT2D eigenvalue weighted by atomic mass is 9.86. The van der Waals surface area contributed by atoms with Crippen molar-refractivity contribution in [3.8, 4) is 55.8 Å². The van der Waals surface area contributed by atoms with Crippen LogP contribution in [0.1, 0.15) is 31.9 Å². The lowest BCUT2D eigenvalue weighted by Gasteiger charge is -2.19. The van der Waals surface area contributed by atoms with E-state index in [4.69, 9.17) is 9.97 Å². The number of pyridine rings is 2. The van der Waals surface area contributed by atoms with Gasteiger partial charge in [0.15, 0.2) is 0 Å². The third kappa shape index (κ3) is 5.80. The molecule has 0 atom stereocenters. The van der Waals surface area contributed by atoms with Crippen LogP contribution in [0.15, 0.2) is 146 Å². The summed E-state index contributed by atoms with van der Waals surface area (Å²) in [4.78, 5) is 9.68. The van der Waals surface area contributed by atoms with E-state index in [2.05, 4.69) is 155 Å². The zero-order valence-corrected chi connectivity index (χ0v) is 26.3. The van der Waals surface area contributed by atoms with E-state index in [1.54, 1.807) is 0 Å². The average molecular weight is 581 g/mol. The van der Waals surface area contributed by atoms with Crippen molar-refractivity contribution in [2.45, 2.75) is 33.1 Å². The monoisotopic (exact) mass is 580 g/mol. The van der Waals surface area contributed by atoms with E-state index >= 15 is 0 Å². The third-order valence-corrected chi connectivity index (χ3v) is 8.60. The molecule has 0 amide bonds. The van der Waals surface area contributed by atoms with Crippen molar-refractivity contribution in [3.05, 3.63) is 157 Å². The molecule has 0 spiro atoms. The number of fused-ring (bicyclic) bond motifs is 1. The van der Waals surface area contributed by atoms with Gasteiger partial charge >= 0.3 is 0 Å². The highest BCUT2D eigenvalue weighted by atomic mass is 14.7. The average Bonchev–Trinajstić information content (AvgIpc) is 3.08. The van der Waals surface area contributed by atoms with Crippen LogP contribution in [0.3, 0.4) is 0 Å². The first kappa shape index (κ1) is 28.4. The minimum atomic E-state index is 0.0579. The van der Waals surface area contributed by atoms with Crippen LogP contribution >= 0.6 is 0 Å². The molecule has 0 radical (unpaired) electrons. The van der Waals surface area contributed by atoms with Crippen molar-refractivity contribution in [1.82, 2.24) is 9.97 Å². The van der Waals surface area contributed by atoms with E-state index in [0.29, 0.717) is 0 Å². The Kier molecular flexibility index (Phi) is 7.35. The summed E-state index contributed by atoms with van der Waals surface area (Å²) in [6.45, 7) is 8.84. The highest BCUT2D eigenvalue weighted by molar-refractivity contribution is 6.03. The summed E-state index contributed by atoms with van der Waals surface area (Å²) in [5, 5.41) is 1.13. The van der Waals surface area contributed by atoms with Gasteiger partial charge < -0.3 is 0 Å². The van der Waals surface area contributed by atoms with Crippen LogP contribution in [0.4, 0.5) is 0 Å². The molecular weight excluding hydrogens is 544 g/mol. The molecule has 0 saturated carbocycles. The summed E-state index contributed by atoms with van der Waals surface area (Å²) < 4.78 is 0. The number of hydrogen-bond acceptors (Lipinski definition) is 2. The van der Waals surface area contributed by atoms with E-state index < -0.39 is 0 Å². The highest BCUT2D eigenvalue weighted by Crippen LogP contribution is 2.39. The maximum atomic E-state index is 4.95. The molecule has 218 valence electrons. The van der Waals surface area contributed by atoms with Crippen molar-refractivity contribution in [2.75, 3.05) is 0 Å². The number of nitrogens with zero attached hydrogens (tertiary/aromatic N) is 2. The molecule has 0 N–H and O–H groups in total. The van der Waals surface area contributed by atoms with Crippen LogP contribution in [0.5, 0.6) is 0 Å². The summed E-state index contributed by atoms with van der Waals surface area (Å²) in [6.07, 6.45) is 3.81. The second-order valence-corrected chi connectivity index (χ2v) is 12.9. The Morgan fingerprint density at radius 3 is 1.84 bits per heavy atom. The summed E-state index contributed by atoms with van der Waals surface area (Å²) in [5.41, 5.74) is 15.1. The molecule has 0 fully saturated rings. The Morgan fingerprint density at radius 2 is 1.09 bits per heavy atom. The maximum Gasteiger partial charge on any atom is 0.0786 e. The fourth-order valence-electron chi connectivity index (χ4n) is 6.05. The van der Waals surface area contributed by atoms with Gasteiger partial charge in [-0.1, -0.05) is 117 Å². The predicted molar refractivity (Wildman–Crippen MR) is 190 cm³/mol. The third-order valence-electron chi connectivity index (χ3n) is 8.60. The molecule has 0 bridgehead atoms. The van der Waals surface area contributed by atoms with Gasteiger partial charge in [-0.2, -0.15) is 0 Å². The minimum Gasteiger partial charge on any atom is -0.256 e. The van der Waals surface area contributed by atoms with Gasteiger partial charge in [0.05, 0.1) is 11.2 Å². The van der Waals surface area contributed by atoms with Crippen molar-refractivity contribution in [1.29, 1.82) is 0 Å². The van der Waals surface area contributed by atoms with E-state index in [9.17, 15) is 0 Å². The normalized spacial score (nSPS) is 11.6. The van der Waals surface area contributed by atoms with Gasteiger partial charge in [0.1, 0.15) is 0 Å². The Bertz CT molecular complexity index is 2140. The highest BCUT2D eigenvalue weighted by Gasteiger charge is 2.16. The molecule has 5 aromatic carbocycles. The molecule has 7 rings (SSSR count). The Hall–Kier alpha value is -5.34. The predicted octanol–water partition coefficient (Wildman–Crippen LogP) is 11.6. The Morgan fingerprint density at radius 1 is 0.444 bits per heavy atom. The molecule has 0 aliphatic carbocycles. The second kappa shape index (κ2) is 11.6. The van der Waals surface area contributed by atoms with Crippen LogP contribution in [0.2, 0.25) is 0 Å². The van der Waals surface area contributed by atoms with E-state index in [-0.39, 0.29) is 5.41 Å². The molecule has 0 saturated heterocycles. The quantitative estimate of drug-likeness (QED) is 0.202. The van der Waals surface area contributed by atoms with Crippen LogP contribution in [0.25, 0.3) is 66.7 Å². The minimum absolute atomic E-state index is 0.0579. The molecule has 0 aliphatic heterocycles. The largest absolute Gasteiger partial charge is 0.256 e. The fourth-order valence-corrected chi connectivity index (χ4v) is 6.05. The Balaban J connectivity index is 1.37. The lowest BCUT2D eigenvalue weighted by Crippen LogP contribution is -2.11. The molecule has 0 aliphatic rings. The molecule has 2 heteroatoms. The van der Waals surface area contributed by atoms with Gasteiger partial charge in [0.25, 0.3) is 0 Å². The van der Waals surface area contributed by atoms with Gasteiger partial charge in [-0.05, 0) is 99.3 Å². The van der Waals surface area contributed by atoms with Crippen molar-refractivity contribution < 1.29 is 0 Å². The topological polar surface area (TPSA) is 25.8 Å². The SMILES string of the molecule is Cc1ccc(-c2cc(-c3ccccc3)cc(-c3ccc(-c4cccc(-c5cc(C(C)(C)C)ccn5)c4)c4ncccc34)c2)cc1. The number of rotatable bonds is 5. The van der Waals surface area contributed by atoms with Crippen LogP contribution in [-0.2, 0) is 5.41 Å². The van der Waals surface area contributed by atoms with E-state index in [0.717, 1.165) is 33.3 Å². The molecule has 0 unspecified atom stereocenters. The maximum absolute atomic E-state index is 4.95. The summed E-state index contributed by atoms with van der Waals surface area (Å²) >= 11 is 0. The fraction of sp³-hybridized carbons (Fsp3) is 0.116. The zero-order chi connectivity index (χ0) is 31.0. The van der Waals surface area contributed by atoms with Gasteiger partial charge in [-0.15, -0.1) is 0 Å². The van der Waals surface area contributed by atoms with Crippen molar-refractivity contribution in [2.24, 2.45) is 0 Å². The molecule has 2 heterocycles. The van der Waals surface area contributed by atoms with Crippen molar-refractivity contribution in [3.63, 3.8) is 0 Å². The number of aromatic nitrogens is 2. The molecule has 45 heavy (non-hydrogen) atoms. The second-order valence-electron chi connectivity index (χ2n) is 12.9. The van der Waals surface area contributed by atoms with Crippen LogP contribution in [-0.4, -0.2) is 9.97 Å². The summed E-state index contributed by atoms with van der Waals surface area (Å²) in [5.74, 6) is 0. The Labute approximate surface area is 266 Å². The number of benzene rings is 5. The van der Waals surface area contributed by atoms with Crippen molar-refractivity contribution >= 4 is 10.9 Å². The molecule has 2 nitrogen and oxygen atoms in total. The van der Waals surface area contributed by atoms with Crippen LogP contribution in [0, 0.1) is 6.92 Å². The number of hydrogen-bond donors (Lipinski definition) is 0. The molecule has 2 aromatic heterocycles. The zero-order valence-electron chi connectivity index (χ0n) is 26.3. The van der Waals surface area contributed by atoms with E-state index in [1.807, 2.05) is 18.5 Å². The smallest absolute Gasteiger partial charge is 0.0786 e. The molecule has 7 aromatic rings. The van der Waals surface area contributed by atoms with Gasteiger partial charge in [-0.25, -0.2) is 0 Å².